The quantitative estimate of drug-likeness (QED) is 0.181. The van der Waals surface area contributed by atoms with E-state index in [0.717, 1.165) is 5.56 Å². The molecule has 0 saturated carbocycles. The molecule has 0 saturated heterocycles. The number of amides is 1. The molecule has 0 aliphatic heterocycles. The van der Waals surface area contributed by atoms with E-state index in [0.29, 0.717) is 40.1 Å². The van der Waals surface area contributed by atoms with Gasteiger partial charge in [-0.15, -0.1) is 0 Å². The molecule has 0 aromatic heterocycles. The number of carbonyl (C=O) groups is 2. The first-order valence-electron chi connectivity index (χ1n) is 11.1. The molecule has 0 heterocycles. The van der Waals surface area contributed by atoms with Crippen LogP contribution in [0.25, 0.3) is 0 Å². The normalized spacial score (nSPS) is 10.5. The van der Waals surface area contributed by atoms with Gasteiger partial charge in [-0.05, 0) is 47.5 Å². The van der Waals surface area contributed by atoms with Crippen molar-refractivity contribution in [2.24, 2.45) is 5.10 Å². The van der Waals surface area contributed by atoms with Crippen molar-refractivity contribution in [1.82, 2.24) is 5.43 Å². The van der Waals surface area contributed by atoms with Crippen LogP contribution >= 0.6 is 0 Å². The number of nitrogens with one attached hydrogen (secondary N) is 1. The second kappa shape index (κ2) is 12.8. The van der Waals surface area contributed by atoms with Crippen LogP contribution < -0.4 is 33.8 Å². The van der Waals surface area contributed by atoms with Crippen molar-refractivity contribution in [3.63, 3.8) is 0 Å². The summed E-state index contributed by atoms with van der Waals surface area (Å²) in [6, 6.07) is 14.9. The molecular formula is C27H28N2O8. The molecule has 0 unspecified atom stereocenters. The summed E-state index contributed by atoms with van der Waals surface area (Å²) in [7, 11) is 7.47. The molecule has 0 aliphatic carbocycles. The van der Waals surface area contributed by atoms with E-state index in [1.807, 2.05) is 0 Å². The van der Waals surface area contributed by atoms with E-state index in [1.54, 1.807) is 49.6 Å². The number of hydrogen-bond donors (Lipinski definition) is 1. The van der Waals surface area contributed by atoms with Crippen LogP contribution in [0.5, 0.6) is 34.5 Å². The highest BCUT2D eigenvalue weighted by atomic mass is 16.5. The molecule has 3 aromatic rings. The lowest BCUT2D eigenvalue weighted by molar-refractivity contribution is -0.120. The van der Waals surface area contributed by atoms with Crippen LogP contribution in [0.15, 0.2) is 59.7 Å². The maximum Gasteiger partial charge on any atom is 0.343 e. The van der Waals surface area contributed by atoms with E-state index < -0.39 is 5.97 Å². The van der Waals surface area contributed by atoms with Gasteiger partial charge < -0.3 is 28.4 Å². The molecular weight excluding hydrogens is 480 g/mol. The van der Waals surface area contributed by atoms with Gasteiger partial charge in [-0.1, -0.05) is 18.2 Å². The van der Waals surface area contributed by atoms with E-state index in [2.05, 4.69) is 10.5 Å². The van der Waals surface area contributed by atoms with Gasteiger partial charge in [-0.2, -0.15) is 5.10 Å². The van der Waals surface area contributed by atoms with E-state index in [4.69, 9.17) is 28.4 Å². The van der Waals surface area contributed by atoms with E-state index in [-0.39, 0.29) is 17.9 Å². The summed E-state index contributed by atoms with van der Waals surface area (Å²) < 4.78 is 31.8. The molecule has 1 N–H and O–H groups in total. The average Bonchev–Trinajstić information content (AvgIpc) is 2.92. The van der Waals surface area contributed by atoms with Crippen LogP contribution in [0.3, 0.4) is 0 Å². The number of hydrogen-bond acceptors (Lipinski definition) is 9. The maximum atomic E-state index is 12.7. The van der Waals surface area contributed by atoms with Crippen LogP contribution in [0, 0.1) is 0 Å². The number of ether oxygens (including phenoxy) is 6. The predicted molar refractivity (Wildman–Crippen MR) is 136 cm³/mol. The van der Waals surface area contributed by atoms with Crippen molar-refractivity contribution in [2.45, 2.75) is 6.42 Å². The van der Waals surface area contributed by atoms with Gasteiger partial charge in [0.2, 0.25) is 11.7 Å². The minimum Gasteiger partial charge on any atom is -0.493 e. The van der Waals surface area contributed by atoms with Crippen LogP contribution in [0.4, 0.5) is 0 Å². The zero-order valence-electron chi connectivity index (χ0n) is 21.2. The topological polar surface area (TPSA) is 114 Å². The smallest absolute Gasteiger partial charge is 0.343 e. The number of benzene rings is 3. The SMILES string of the molecule is COc1ccc(CC(=O)N/N=C/c2cccc(OC(=O)c3cc(OC)c(OC)c(OC)c3)c2)cc1OC. The molecule has 194 valence electrons. The molecule has 10 heteroatoms. The standard InChI is InChI=1S/C27H28N2O8/c1-32-21-10-9-17(12-22(21)33-2)13-25(30)29-28-16-18-7-6-8-20(11-18)37-27(31)19-14-23(34-3)26(36-5)24(15-19)35-4/h6-12,14-16H,13H2,1-5H3,(H,29,30)/b28-16+. The van der Waals surface area contributed by atoms with Crippen molar-refractivity contribution >= 4 is 18.1 Å². The lowest BCUT2D eigenvalue weighted by Gasteiger charge is -2.13. The monoisotopic (exact) mass is 508 g/mol. The average molecular weight is 509 g/mol. The van der Waals surface area contributed by atoms with E-state index in [9.17, 15) is 9.59 Å². The number of esters is 1. The zero-order chi connectivity index (χ0) is 26.8. The van der Waals surface area contributed by atoms with Crippen LogP contribution in [0.2, 0.25) is 0 Å². The Labute approximate surface area is 214 Å². The number of carbonyl (C=O) groups excluding carboxylic acids is 2. The summed E-state index contributed by atoms with van der Waals surface area (Å²) in [5, 5.41) is 3.99. The fourth-order valence-corrected chi connectivity index (χ4v) is 3.42. The van der Waals surface area contributed by atoms with Gasteiger partial charge in [-0.25, -0.2) is 10.2 Å². The first-order valence-corrected chi connectivity index (χ1v) is 11.1. The largest absolute Gasteiger partial charge is 0.493 e. The third-order valence-electron chi connectivity index (χ3n) is 5.18. The Morgan fingerprint density at radius 2 is 1.46 bits per heavy atom. The van der Waals surface area contributed by atoms with Crippen molar-refractivity contribution in [2.75, 3.05) is 35.5 Å². The molecule has 10 nitrogen and oxygen atoms in total. The van der Waals surface area contributed by atoms with Gasteiger partial charge in [0.05, 0.1) is 53.7 Å². The summed E-state index contributed by atoms with van der Waals surface area (Å²) in [4.78, 5) is 25.0. The summed E-state index contributed by atoms with van der Waals surface area (Å²) >= 11 is 0. The number of methoxy groups -OCH3 is 5. The minimum atomic E-state index is -0.614. The van der Waals surface area contributed by atoms with E-state index in [1.165, 1.54) is 46.8 Å². The Bertz CT molecular complexity index is 1260. The van der Waals surface area contributed by atoms with Gasteiger partial charge in [0.15, 0.2) is 23.0 Å². The van der Waals surface area contributed by atoms with Crippen molar-refractivity contribution in [3.8, 4) is 34.5 Å². The molecule has 3 rings (SSSR count). The van der Waals surface area contributed by atoms with Crippen molar-refractivity contribution in [1.29, 1.82) is 0 Å². The second-order valence-electron chi connectivity index (χ2n) is 7.54. The summed E-state index contributed by atoms with van der Waals surface area (Å²) in [5.74, 6) is 1.51. The lowest BCUT2D eigenvalue weighted by atomic mass is 10.1. The number of nitrogens with zero attached hydrogens (tertiary/aromatic N) is 1. The van der Waals surface area contributed by atoms with Gasteiger partial charge >= 0.3 is 5.97 Å². The third-order valence-corrected chi connectivity index (χ3v) is 5.18. The Morgan fingerprint density at radius 3 is 2.08 bits per heavy atom. The molecule has 0 bridgehead atoms. The van der Waals surface area contributed by atoms with Gasteiger partial charge in [0, 0.05) is 0 Å². The molecule has 0 radical (unpaired) electrons. The predicted octanol–water partition coefficient (Wildman–Crippen LogP) is 3.64. The van der Waals surface area contributed by atoms with Crippen molar-refractivity contribution < 1.29 is 38.0 Å². The molecule has 37 heavy (non-hydrogen) atoms. The van der Waals surface area contributed by atoms with Gasteiger partial charge in [0.1, 0.15) is 5.75 Å². The summed E-state index contributed by atoms with van der Waals surface area (Å²) in [6.45, 7) is 0. The second-order valence-corrected chi connectivity index (χ2v) is 7.54. The summed E-state index contributed by atoms with van der Waals surface area (Å²) in [6.07, 6.45) is 1.55. The number of rotatable bonds is 11. The fourth-order valence-electron chi connectivity index (χ4n) is 3.42. The van der Waals surface area contributed by atoms with Crippen LogP contribution in [-0.2, 0) is 11.2 Å². The minimum absolute atomic E-state index is 0.101. The maximum absolute atomic E-state index is 12.7. The van der Waals surface area contributed by atoms with Crippen LogP contribution in [0.1, 0.15) is 21.5 Å². The van der Waals surface area contributed by atoms with E-state index >= 15 is 0 Å². The Balaban J connectivity index is 1.64. The Hall–Kier alpha value is -4.73. The molecule has 0 atom stereocenters. The highest BCUT2D eigenvalue weighted by Crippen LogP contribution is 2.38. The zero-order valence-corrected chi connectivity index (χ0v) is 21.2. The first kappa shape index (κ1) is 26.9. The molecule has 0 spiro atoms. The lowest BCUT2D eigenvalue weighted by Crippen LogP contribution is -2.19. The Morgan fingerprint density at radius 1 is 0.784 bits per heavy atom. The molecule has 0 fully saturated rings. The highest BCUT2D eigenvalue weighted by Gasteiger charge is 2.18. The summed E-state index contributed by atoms with van der Waals surface area (Å²) in [5.41, 5.74) is 4.05. The molecule has 0 aliphatic rings. The fraction of sp³-hybridized carbons (Fsp3) is 0.222. The molecule has 3 aromatic carbocycles. The highest BCUT2D eigenvalue weighted by molar-refractivity contribution is 5.93. The van der Waals surface area contributed by atoms with Crippen molar-refractivity contribution in [3.05, 3.63) is 71.3 Å². The van der Waals surface area contributed by atoms with Crippen LogP contribution in [-0.4, -0.2) is 53.6 Å². The van der Waals surface area contributed by atoms with Gasteiger partial charge in [0.25, 0.3) is 0 Å². The molecule has 1 amide bonds. The first-order chi connectivity index (χ1) is 17.9. The van der Waals surface area contributed by atoms with Gasteiger partial charge in [-0.3, -0.25) is 4.79 Å². The third kappa shape index (κ3) is 6.91. The number of hydrazone groups is 1. The Kier molecular flexibility index (Phi) is 9.31.